The second kappa shape index (κ2) is 27.6. The van der Waals surface area contributed by atoms with E-state index in [0.29, 0.717) is 5.88 Å². The highest BCUT2D eigenvalue weighted by Gasteiger charge is 2.36. The van der Waals surface area contributed by atoms with Gasteiger partial charge in [0.05, 0.1) is 0 Å². The Balaban J connectivity index is 0. The Labute approximate surface area is 208 Å². The minimum atomic E-state index is -2.32. The van der Waals surface area contributed by atoms with Gasteiger partial charge in [-0.15, -0.1) is 11.6 Å². The van der Waals surface area contributed by atoms with Crippen molar-refractivity contribution in [3.63, 3.8) is 0 Å². The minimum Gasteiger partial charge on any atom is -0.377 e. The molecule has 196 valence electrons. The fourth-order valence-corrected chi connectivity index (χ4v) is 5.90. The van der Waals surface area contributed by atoms with Crippen molar-refractivity contribution in [3.8, 4) is 0 Å². The average Bonchev–Trinajstić information content (AvgIpc) is 2.80. The van der Waals surface area contributed by atoms with E-state index in [0.717, 1.165) is 12.5 Å². The Morgan fingerprint density at radius 2 is 0.906 bits per heavy atom. The molecule has 0 saturated carbocycles. The van der Waals surface area contributed by atoms with Gasteiger partial charge in [-0.2, -0.15) is 0 Å². The van der Waals surface area contributed by atoms with Crippen LogP contribution in [0, 0.1) is 0 Å². The molecular weight excluding hydrogens is 438 g/mol. The van der Waals surface area contributed by atoms with Gasteiger partial charge in [-0.1, -0.05) is 103 Å². The molecule has 0 heterocycles. The number of unbranched alkanes of at least 4 members (excludes halogenated alkanes) is 15. The molecule has 0 amide bonds. The van der Waals surface area contributed by atoms with Crippen LogP contribution in [0.15, 0.2) is 0 Å². The van der Waals surface area contributed by atoms with Crippen LogP contribution in [0.25, 0.3) is 0 Å². The number of nitrogens with zero attached hydrogens (tertiary/aromatic N) is 1. The third-order valence-electron chi connectivity index (χ3n) is 6.01. The molecule has 0 aromatic heterocycles. The second-order valence-corrected chi connectivity index (χ2v) is 12.7. The quantitative estimate of drug-likeness (QED) is 0.0809. The lowest BCUT2D eigenvalue weighted by atomic mass is 10.0. The topological polar surface area (TPSA) is 30.9 Å². The Hall–Kier alpha value is 0.347. The van der Waals surface area contributed by atoms with Gasteiger partial charge in [-0.3, -0.25) is 0 Å². The molecule has 0 rings (SSSR count). The molecule has 4 nitrogen and oxygen atoms in total. The predicted octanol–water partition coefficient (Wildman–Crippen LogP) is 8.30. The van der Waals surface area contributed by atoms with Crippen LogP contribution in [-0.4, -0.2) is 61.6 Å². The normalized spacial score (nSPS) is 11.6. The summed E-state index contributed by atoms with van der Waals surface area (Å²) < 4.78 is 15.5. The molecule has 0 aromatic carbocycles. The van der Waals surface area contributed by atoms with E-state index in [-0.39, 0.29) is 0 Å². The van der Waals surface area contributed by atoms with Gasteiger partial charge >= 0.3 is 8.80 Å². The van der Waals surface area contributed by atoms with Gasteiger partial charge in [0.2, 0.25) is 0 Å². The van der Waals surface area contributed by atoms with E-state index in [4.69, 9.17) is 24.9 Å². The van der Waals surface area contributed by atoms with Gasteiger partial charge in [0.15, 0.2) is 0 Å². The van der Waals surface area contributed by atoms with Crippen LogP contribution in [0.3, 0.4) is 0 Å². The monoisotopic (exact) mass is 495 g/mol. The first kappa shape index (κ1) is 34.5. The molecule has 0 aliphatic carbocycles. The molecule has 0 aliphatic rings. The van der Waals surface area contributed by atoms with E-state index in [1.54, 1.807) is 21.3 Å². The highest BCUT2D eigenvalue weighted by atomic mass is 35.5. The van der Waals surface area contributed by atoms with Crippen molar-refractivity contribution in [2.45, 2.75) is 122 Å². The number of hydrogen-bond donors (Lipinski definition) is 0. The summed E-state index contributed by atoms with van der Waals surface area (Å²) in [5.74, 6) is 0.616. The molecule has 0 aliphatic heterocycles. The van der Waals surface area contributed by atoms with Crippen molar-refractivity contribution in [2.75, 3.05) is 47.8 Å². The molecule has 0 fully saturated rings. The molecule has 0 aromatic rings. The second-order valence-electron chi connectivity index (χ2n) is 9.19. The van der Waals surface area contributed by atoms with Crippen molar-refractivity contribution in [3.05, 3.63) is 0 Å². The summed E-state index contributed by atoms with van der Waals surface area (Å²) >= 11 is 5.53. The van der Waals surface area contributed by atoms with Crippen molar-refractivity contribution < 1.29 is 13.3 Å². The summed E-state index contributed by atoms with van der Waals surface area (Å²) in [5, 5.41) is 0. The van der Waals surface area contributed by atoms with E-state index in [1.165, 1.54) is 109 Å². The van der Waals surface area contributed by atoms with Crippen LogP contribution in [-0.2, 0) is 13.3 Å². The maximum absolute atomic E-state index is 5.53. The Morgan fingerprint density at radius 1 is 0.562 bits per heavy atom. The third kappa shape index (κ3) is 25.0. The number of alkyl halides is 1. The molecule has 6 heteroatoms. The van der Waals surface area contributed by atoms with Gasteiger partial charge in [0, 0.05) is 33.3 Å². The van der Waals surface area contributed by atoms with Crippen LogP contribution in [0.5, 0.6) is 0 Å². The van der Waals surface area contributed by atoms with Gasteiger partial charge < -0.3 is 18.2 Å². The number of hydrogen-bond acceptors (Lipinski definition) is 4. The summed E-state index contributed by atoms with van der Waals surface area (Å²) in [6.45, 7) is 3.56. The standard InChI is InChI=1S/C20H43N.C6H15ClO3Si/c1-4-5-6-7-8-9-10-11-12-13-14-15-16-17-18-19-20-21(2)3;1-8-11(9-2,10-3)6-4-5-7/h4-20H2,1-3H3;4-6H2,1-3H3. The van der Waals surface area contributed by atoms with Crippen LogP contribution < -0.4 is 0 Å². The van der Waals surface area contributed by atoms with Crippen LogP contribution in [0.2, 0.25) is 6.04 Å². The SMILES string of the molecule is CCCCCCCCCCCCCCCCCCN(C)C.CO[Si](CCCCl)(OC)OC. The van der Waals surface area contributed by atoms with Crippen molar-refractivity contribution in [1.82, 2.24) is 4.90 Å². The molecule has 0 spiro atoms. The van der Waals surface area contributed by atoms with Gasteiger partial charge in [0.1, 0.15) is 0 Å². The van der Waals surface area contributed by atoms with Crippen molar-refractivity contribution in [2.24, 2.45) is 0 Å². The minimum absolute atomic E-state index is 0.616. The lowest BCUT2D eigenvalue weighted by molar-refractivity contribution is 0.123. The first-order valence-electron chi connectivity index (χ1n) is 13.4. The summed E-state index contributed by atoms with van der Waals surface area (Å²) in [7, 11) is 6.83. The number of rotatable bonds is 23. The maximum atomic E-state index is 5.53. The summed E-state index contributed by atoms with van der Waals surface area (Å²) in [6.07, 6.45) is 24.2. The van der Waals surface area contributed by atoms with E-state index in [2.05, 4.69) is 25.9 Å². The lowest BCUT2D eigenvalue weighted by Gasteiger charge is -2.23. The Bertz CT molecular complexity index is 337. The summed E-state index contributed by atoms with van der Waals surface area (Å²) in [4.78, 5) is 2.30. The molecule has 32 heavy (non-hydrogen) atoms. The zero-order valence-electron chi connectivity index (χ0n) is 22.7. The van der Waals surface area contributed by atoms with Gasteiger partial charge in [0.25, 0.3) is 0 Å². The zero-order valence-corrected chi connectivity index (χ0v) is 24.4. The highest BCUT2D eigenvalue weighted by molar-refractivity contribution is 6.60. The fourth-order valence-electron chi connectivity index (χ4n) is 3.82. The van der Waals surface area contributed by atoms with Crippen LogP contribution in [0.1, 0.15) is 116 Å². The fraction of sp³-hybridized carbons (Fsp3) is 1.00. The molecule has 0 radical (unpaired) electrons. The average molecular weight is 496 g/mol. The van der Waals surface area contributed by atoms with Crippen LogP contribution >= 0.6 is 11.6 Å². The first-order valence-corrected chi connectivity index (χ1v) is 15.8. The molecular formula is C26H58ClNO3Si. The van der Waals surface area contributed by atoms with Crippen molar-refractivity contribution in [1.29, 1.82) is 0 Å². The van der Waals surface area contributed by atoms with Crippen LogP contribution in [0.4, 0.5) is 0 Å². The smallest absolute Gasteiger partial charge is 0.377 e. The Kier molecular flexibility index (Phi) is 29.8. The largest absolute Gasteiger partial charge is 0.500 e. The summed E-state index contributed by atoms with van der Waals surface area (Å²) in [6, 6.07) is 0.778. The van der Waals surface area contributed by atoms with Gasteiger partial charge in [-0.05, 0) is 33.5 Å². The molecule has 0 N–H and O–H groups in total. The van der Waals surface area contributed by atoms with E-state index in [9.17, 15) is 0 Å². The summed E-state index contributed by atoms with van der Waals surface area (Å²) in [5.41, 5.74) is 0. The van der Waals surface area contributed by atoms with E-state index in [1.807, 2.05) is 0 Å². The van der Waals surface area contributed by atoms with Gasteiger partial charge in [-0.25, -0.2) is 0 Å². The molecule has 0 bridgehead atoms. The zero-order chi connectivity index (χ0) is 24.3. The molecule has 0 saturated heterocycles. The molecule has 0 unspecified atom stereocenters. The third-order valence-corrected chi connectivity index (χ3v) is 9.11. The maximum Gasteiger partial charge on any atom is 0.500 e. The number of halogens is 1. The first-order chi connectivity index (χ1) is 15.5. The highest BCUT2D eigenvalue weighted by Crippen LogP contribution is 2.15. The van der Waals surface area contributed by atoms with E-state index >= 15 is 0 Å². The Morgan fingerprint density at radius 3 is 1.19 bits per heavy atom. The predicted molar refractivity (Wildman–Crippen MR) is 145 cm³/mol. The van der Waals surface area contributed by atoms with E-state index < -0.39 is 8.80 Å². The van der Waals surface area contributed by atoms with Crippen molar-refractivity contribution >= 4 is 20.4 Å². The molecule has 0 atom stereocenters. The lowest BCUT2D eigenvalue weighted by Crippen LogP contribution is -2.42.